The number of non-ortho nitro benzene ring substituents is 1. The minimum Gasteiger partial charge on any atom is -0.301 e. The molecule has 5 nitrogen and oxygen atoms in total. The van der Waals surface area contributed by atoms with Crippen LogP contribution in [0.2, 0.25) is 0 Å². The highest BCUT2D eigenvalue weighted by molar-refractivity contribution is 9.10. The van der Waals surface area contributed by atoms with Crippen LogP contribution in [0.15, 0.2) is 47.2 Å². The number of nitro benzene ring substituents is 1. The lowest BCUT2D eigenvalue weighted by molar-refractivity contribution is -0.384. The zero-order valence-electron chi connectivity index (χ0n) is 10.6. The van der Waals surface area contributed by atoms with Crippen LogP contribution in [0.1, 0.15) is 5.56 Å². The second-order valence-electron chi connectivity index (χ2n) is 4.48. The lowest BCUT2D eigenvalue weighted by atomic mass is 10.2. The molecule has 0 bridgehead atoms. The predicted molar refractivity (Wildman–Crippen MR) is 80.2 cm³/mol. The number of aromatic nitrogens is 2. The van der Waals surface area contributed by atoms with E-state index in [0.29, 0.717) is 0 Å². The maximum Gasteiger partial charge on any atom is 0.269 e. The van der Waals surface area contributed by atoms with E-state index >= 15 is 0 Å². The van der Waals surface area contributed by atoms with Gasteiger partial charge in [-0.2, -0.15) is 0 Å². The molecule has 0 aliphatic carbocycles. The van der Waals surface area contributed by atoms with Crippen LogP contribution < -0.4 is 0 Å². The van der Waals surface area contributed by atoms with Crippen LogP contribution in [-0.2, 0) is 0 Å². The molecular formula is C14H10BrN3O2. The van der Waals surface area contributed by atoms with Gasteiger partial charge in [0, 0.05) is 34.4 Å². The van der Waals surface area contributed by atoms with Crippen molar-refractivity contribution in [1.82, 2.24) is 9.55 Å². The van der Waals surface area contributed by atoms with E-state index in [2.05, 4.69) is 20.9 Å². The molecule has 100 valence electrons. The Kier molecular flexibility index (Phi) is 3.02. The summed E-state index contributed by atoms with van der Waals surface area (Å²) in [5, 5.41) is 11.8. The van der Waals surface area contributed by atoms with Gasteiger partial charge in [0.1, 0.15) is 5.65 Å². The lowest BCUT2D eigenvalue weighted by Gasteiger charge is -2.08. The smallest absolute Gasteiger partial charge is 0.269 e. The SMILES string of the molecule is Cc1cc([N+](=O)[O-])ccc1-n1ccc2cc(Br)cnc21. The van der Waals surface area contributed by atoms with Crippen molar-refractivity contribution in [3.05, 3.63) is 62.9 Å². The van der Waals surface area contributed by atoms with Gasteiger partial charge < -0.3 is 4.57 Å². The highest BCUT2D eigenvalue weighted by atomic mass is 79.9. The minimum atomic E-state index is -0.389. The first kappa shape index (κ1) is 12.8. The molecule has 6 heteroatoms. The molecule has 20 heavy (non-hydrogen) atoms. The van der Waals surface area contributed by atoms with Crippen LogP contribution in [0.3, 0.4) is 0 Å². The monoisotopic (exact) mass is 331 g/mol. The third-order valence-electron chi connectivity index (χ3n) is 3.14. The Morgan fingerprint density at radius 3 is 2.80 bits per heavy atom. The van der Waals surface area contributed by atoms with Crippen molar-refractivity contribution < 1.29 is 4.92 Å². The first-order valence-corrected chi connectivity index (χ1v) is 6.73. The molecule has 3 aromatic rings. The standard InChI is InChI=1S/C14H10BrN3O2/c1-9-6-12(18(19)20)2-3-13(9)17-5-4-10-7-11(15)8-16-14(10)17/h2-8H,1H3. The number of rotatable bonds is 2. The van der Waals surface area contributed by atoms with E-state index in [1.165, 1.54) is 6.07 Å². The van der Waals surface area contributed by atoms with Crippen LogP contribution >= 0.6 is 15.9 Å². The molecular weight excluding hydrogens is 322 g/mol. The Balaban J connectivity index is 2.18. The zero-order valence-corrected chi connectivity index (χ0v) is 12.2. The molecule has 0 fully saturated rings. The Bertz CT molecular complexity index is 826. The molecule has 0 unspecified atom stereocenters. The summed E-state index contributed by atoms with van der Waals surface area (Å²) in [7, 11) is 0. The number of hydrogen-bond donors (Lipinski definition) is 0. The van der Waals surface area contributed by atoms with Crippen LogP contribution in [-0.4, -0.2) is 14.5 Å². The Hall–Kier alpha value is -2.21. The number of nitro groups is 1. The highest BCUT2D eigenvalue weighted by Gasteiger charge is 2.11. The molecule has 2 aromatic heterocycles. The van der Waals surface area contributed by atoms with Gasteiger partial charge in [0.2, 0.25) is 0 Å². The van der Waals surface area contributed by atoms with Gasteiger partial charge in [-0.15, -0.1) is 0 Å². The summed E-state index contributed by atoms with van der Waals surface area (Å²) in [5.41, 5.74) is 2.64. The average Bonchev–Trinajstić information content (AvgIpc) is 2.81. The van der Waals surface area contributed by atoms with Crippen molar-refractivity contribution >= 4 is 32.7 Å². The number of hydrogen-bond acceptors (Lipinski definition) is 3. The quantitative estimate of drug-likeness (QED) is 0.526. The van der Waals surface area contributed by atoms with E-state index < -0.39 is 0 Å². The van der Waals surface area contributed by atoms with Gasteiger partial charge >= 0.3 is 0 Å². The number of pyridine rings is 1. The van der Waals surface area contributed by atoms with Gasteiger partial charge in [0.15, 0.2) is 0 Å². The number of benzene rings is 1. The molecule has 0 aliphatic rings. The Morgan fingerprint density at radius 2 is 2.10 bits per heavy atom. The molecule has 0 N–H and O–H groups in total. The van der Waals surface area contributed by atoms with Crippen molar-refractivity contribution in [2.45, 2.75) is 6.92 Å². The van der Waals surface area contributed by atoms with Crippen molar-refractivity contribution in [3.63, 3.8) is 0 Å². The molecule has 3 rings (SSSR count). The largest absolute Gasteiger partial charge is 0.301 e. The van der Waals surface area contributed by atoms with Gasteiger partial charge in [-0.25, -0.2) is 4.98 Å². The fourth-order valence-corrected chi connectivity index (χ4v) is 2.56. The second kappa shape index (κ2) is 4.72. The third-order valence-corrected chi connectivity index (χ3v) is 3.58. The van der Waals surface area contributed by atoms with E-state index in [1.807, 2.05) is 29.8 Å². The molecule has 0 radical (unpaired) electrons. The molecule has 2 heterocycles. The van der Waals surface area contributed by atoms with E-state index in [0.717, 1.165) is 26.8 Å². The van der Waals surface area contributed by atoms with Crippen LogP contribution in [0.5, 0.6) is 0 Å². The molecule has 0 saturated heterocycles. The molecule has 0 spiro atoms. The van der Waals surface area contributed by atoms with Gasteiger partial charge in [-0.05, 0) is 46.6 Å². The van der Waals surface area contributed by atoms with Gasteiger partial charge in [-0.3, -0.25) is 10.1 Å². The van der Waals surface area contributed by atoms with Crippen molar-refractivity contribution in [2.24, 2.45) is 0 Å². The fourth-order valence-electron chi connectivity index (χ4n) is 2.21. The Morgan fingerprint density at radius 1 is 1.30 bits per heavy atom. The average molecular weight is 332 g/mol. The lowest BCUT2D eigenvalue weighted by Crippen LogP contribution is -1.98. The van der Waals surface area contributed by atoms with E-state index in [1.54, 1.807) is 18.3 Å². The van der Waals surface area contributed by atoms with Crippen LogP contribution in [0.25, 0.3) is 16.7 Å². The summed E-state index contributed by atoms with van der Waals surface area (Å²) in [5.74, 6) is 0. The summed E-state index contributed by atoms with van der Waals surface area (Å²) < 4.78 is 2.85. The van der Waals surface area contributed by atoms with Gasteiger partial charge in [0.05, 0.1) is 10.6 Å². The maximum atomic E-state index is 10.8. The topological polar surface area (TPSA) is 61.0 Å². The summed E-state index contributed by atoms with van der Waals surface area (Å²) in [6.45, 7) is 1.85. The summed E-state index contributed by atoms with van der Waals surface area (Å²) >= 11 is 3.39. The Labute approximate surface area is 123 Å². The fraction of sp³-hybridized carbons (Fsp3) is 0.0714. The summed E-state index contributed by atoms with van der Waals surface area (Å²) in [4.78, 5) is 14.8. The molecule has 1 aromatic carbocycles. The molecule has 0 aliphatic heterocycles. The van der Waals surface area contributed by atoms with Crippen LogP contribution in [0, 0.1) is 17.0 Å². The van der Waals surface area contributed by atoms with E-state index in [9.17, 15) is 10.1 Å². The number of halogens is 1. The van der Waals surface area contributed by atoms with Gasteiger partial charge in [-0.1, -0.05) is 0 Å². The van der Waals surface area contributed by atoms with Crippen LogP contribution in [0.4, 0.5) is 5.69 Å². The maximum absolute atomic E-state index is 10.8. The van der Waals surface area contributed by atoms with E-state index in [-0.39, 0.29) is 10.6 Å². The van der Waals surface area contributed by atoms with Gasteiger partial charge in [0.25, 0.3) is 5.69 Å². The predicted octanol–water partition coefficient (Wildman–Crippen LogP) is 4.00. The molecule has 0 atom stereocenters. The summed E-state index contributed by atoms with van der Waals surface area (Å²) in [6.07, 6.45) is 3.65. The molecule has 0 amide bonds. The van der Waals surface area contributed by atoms with E-state index in [4.69, 9.17) is 0 Å². The van der Waals surface area contributed by atoms with Crippen molar-refractivity contribution in [2.75, 3.05) is 0 Å². The zero-order chi connectivity index (χ0) is 14.3. The minimum absolute atomic E-state index is 0.0958. The highest BCUT2D eigenvalue weighted by Crippen LogP contribution is 2.25. The first-order valence-electron chi connectivity index (χ1n) is 5.94. The normalized spacial score (nSPS) is 10.9. The molecule has 0 saturated carbocycles. The number of fused-ring (bicyclic) bond motifs is 1. The number of nitrogens with zero attached hydrogens (tertiary/aromatic N) is 3. The van der Waals surface area contributed by atoms with Crippen molar-refractivity contribution in [1.29, 1.82) is 0 Å². The third kappa shape index (κ3) is 2.08. The van der Waals surface area contributed by atoms with Crippen molar-refractivity contribution in [3.8, 4) is 5.69 Å². The second-order valence-corrected chi connectivity index (χ2v) is 5.40. The summed E-state index contributed by atoms with van der Waals surface area (Å²) in [6, 6.07) is 8.77. The first-order chi connectivity index (χ1) is 9.56. The number of aryl methyl sites for hydroxylation is 1.